The van der Waals surface area contributed by atoms with E-state index < -0.39 is 5.60 Å². The molecule has 1 heterocycles. The van der Waals surface area contributed by atoms with Gasteiger partial charge in [-0.1, -0.05) is 12.1 Å². The van der Waals surface area contributed by atoms with Crippen LogP contribution >= 0.6 is 24.0 Å². The second-order valence-corrected chi connectivity index (χ2v) is 6.80. The van der Waals surface area contributed by atoms with Gasteiger partial charge in [0.2, 0.25) is 0 Å². The molecule has 1 unspecified atom stereocenters. The minimum Gasteiger partial charge on any atom is -0.493 e. The summed E-state index contributed by atoms with van der Waals surface area (Å²) in [6.07, 6.45) is 0. The summed E-state index contributed by atoms with van der Waals surface area (Å²) in [6, 6.07) is 7.56. The molecule has 7 nitrogen and oxygen atoms in total. The Morgan fingerprint density at radius 1 is 1.21 bits per heavy atom. The molecule has 8 heteroatoms. The number of methoxy groups -OCH3 is 2. The number of hydrogen-bond donors (Lipinski definition) is 3. The Balaban J connectivity index is 0.00000420. The first-order valence-corrected chi connectivity index (χ1v) is 9.34. The molecular formula is C21H32IN3O4. The third-order valence-corrected chi connectivity index (χ3v) is 4.46. The molecule has 3 N–H and O–H groups in total. The number of hydrogen-bond acceptors (Lipinski definition) is 5. The van der Waals surface area contributed by atoms with Crippen molar-refractivity contribution in [3.8, 4) is 11.5 Å². The summed E-state index contributed by atoms with van der Waals surface area (Å²) in [6.45, 7) is 8.86. The van der Waals surface area contributed by atoms with Gasteiger partial charge in [0.1, 0.15) is 17.1 Å². The summed E-state index contributed by atoms with van der Waals surface area (Å²) in [7, 11) is 3.22. The second-order valence-electron chi connectivity index (χ2n) is 6.80. The number of guanidine groups is 1. The minimum atomic E-state index is -1.09. The van der Waals surface area contributed by atoms with E-state index in [1.807, 2.05) is 45.0 Å². The molecule has 1 aromatic carbocycles. The lowest BCUT2D eigenvalue weighted by molar-refractivity contribution is 0.0601. The van der Waals surface area contributed by atoms with Crippen LogP contribution in [0.1, 0.15) is 36.5 Å². The van der Waals surface area contributed by atoms with E-state index in [1.54, 1.807) is 21.1 Å². The summed E-state index contributed by atoms with van der Waals surface area (Å²) in [5.74, 6) is 3.43. The standard InChI is InChI=1S/C21H31N3O4.HI/c1-7-22-20(23-12-16-9-8-10-18(26-5)19(16)27-6)24-13-21(4,25)17-11-14(2)28-15(17)3;/h8-11,25H,7,12-13H2,1-6H3,(H2,22,23,24);1H. The van der Waals surface area contributed by atoms with Crippen LogP contribution < -0.4 is 20.1 Å². The highest BCUT2D eigenvalue weighted by Crippen LogP contribution is 2.31. The van der Waals surface area contributed by atoms with Gasteiger partial charge < -0.3 is 29.6 Å². The normalized spacial score (nSPS) is 13.3. The summed E-state index contributed by atoms with van der Waals surface area (Å²) >= 11 is 0. The zero-order valence-electron chi connectivity index (χ0n) is 18.0. The lowest BCUT2D eigenvalue weighted by Gasteiger charge is -2.24. The lowest BCUT2D eigenvalue weighted by atomic mass is 9.96. The van der Waals surface area contributed by atoms with Crippen LogP contribution in [-0.4, -0.2) is 38.4 Å². The first-order valence-electron chi connectivity index (χ1n) is 9.34. The molecule has 2 aromatic rings. The number of para-hydroxylation sites is 1. The molecule has 0 saturated carbocycles. The third kappa shape index (κ3) is 6.53. The van der Waals surface area contributed by atoms with Crippen LogP contribution in [0.5, 0.6) is 11.5 Å². The van der Waals surface area contributed by atoms with Crippen LogP contribution in [0.3, 0.4) is 0 Å². The number of aryl methyl sites for hydroxylation is 2. The van der Waals surface area contributed by atoms with Crippen molar-refractivity contribution in [2.75, 3.05) is 27.3 Å². The maximum Gasteiger partial charge on any atom is 0.191 e. The van der Waals surface area contributed by atoms with E-state index in [4.69, 9.17) is 13.9 Å². The molecule has 0 aliphatic rings. The van der Waals surface area contributed by atoms with Gasteiger partial charge in [0.15, 0.2) is 17.5 Å². The van der Waals surface area contributed by atoms with Gasteiger partial charge in [0.05, 0.1) is 27.3 Å². The van der Waals surface area contributed by atoms with Crippen LogP contribution in [0.25, 0.3) is 0 Å². The van der Waals surface area contributed by atoms with Crippen molar-refractivity contribution in [1.29, 1.82) is 0 Å². The highest BCUT2D eigenvalue weighted by molar-refractivity contribution is 14.0. The monoisotopic (exact) mass is 517 g/mol. The summed E-state index contributed by atoms with van der Waals surface area (Å²) < 4.78 is 16.3. The number of benzene rings is 1. The zero-order chi connectivity index (χ0) is 20.7. The van der Waals surface area contributed by atoms with Crippen LogP contribution in [0.2, 0.25) is 0 Å². The van der Waals surface area contributed by atoms with Gasteiger partial charge >= 0.3 is 0 Å². The zero-order valence-corrected chi connectivity index (χ0v) is 20.3. The third-order valence-electron chi connectivity index (χ3n) is 4.46. The van der Waals surface area contributed by atoms with E-state index in [1.165, 1.54) is 0 Å². The van der Waals surface area contributed by atoms with Crippen LogP contribution in [0, 0.1) is 13.8 Å². The smallest absolute Gasteiger partial charge is 0.191 e. The molecule has 0 saturated heterocycles. The first kappa shape index (κ1) is 25.1. The second kappa shape index (κ2) is 11.3. The van der Waals surface area contributed by atoms with Crippen LogP contribution in [-0.2, 0) is 12.1 Å². The summed E-state index contributed by atoms with van der Waals surface area (Å²) in [5, 5.41) is 17.3. The molecule has 0 radical (unpaired) electrons. The average molecular weight is 517 g/mol. The molecule has 0 spiro atoms. The van der Waals surface area contributed by atoms with E-state index in [-0.39, 0.29) is 30.5 Å². The van der Waals surface area contributed by atoms with Gasteiger partial charge in [-0.15, -0.1) is 24.0 Å². The van der Waals surface area contributed by atoms with E-state index >= 15 is 0 Å². The van der Waals surface area contributed by atoms with Crippen molar-refractivity contribution in [1.82, 2.24) is 10.6 Å². The molecular weight excluding hydrogens is 485 g/mol. The number of aliphatic imine (C=N–C) groups is 1. The molecule has 0 fully saturated rings. The van der Waals surface area contributed by atoms with Gasteiger partial charge in [-0.25, -0.2) is 4.99 Å². The number of nitrogens with zero attached hydrogens (tertiary/aromatic N) is 1. The first-order chi connectivity index (χ1) is 13.3. The highest BCUT2D eigenvalue weighted by atomic mass is 127. The fourth-order valence-electron chi connectivity index (χ4n) is 3.10. The molecule has 162 valence electrons. The molecule has 2 rings (SSSR count). The van der Waals surface area contributed by atoms with Crippen molar-refractivity contribution in [3.05, 3.63) is 46.9 Å². The topological polar surface area (TPSA) is 88.3 Å². The molecule has 0 amide bonds. The number of nitrogens with one attached hydrogen (secondary N) is 2. The molecule has 1 atom stereocenters. The summed E-state index contributed by atoms with van der Waals surface area (Å²) in [4.78, 5) is 4.62. The fourth-order valence-corrected chi connectivity index (χ4v) is 3.10. The molecule has 1 aromatic heterocycles. The maximum absolute atomic E-state index is 10.9. The molecule has 0 aliphatic carbocycles. The predicted molar refractivity (Wildman–Crippen MR) is 126 cm³/mol. The van der Waals surface area contributed by atoms with Crippen molar-refractivity contribution >= 4 is 29.9 Å². The fraction of sp³-hybridized carbons (Fsp3) is 0.476. The lowest BCUT2D eigenvalue weighted by Crippen LogP contribution is -2.44. The molecule has 0 bridgehead atoms. The van der Waals surface area contributed by atoms with Gasteiger partial charge in [0, 0.05) is 17.7 Å². The number of ether oxygens (including phenoxy) is 2. The van der Waals surface area contributed by atoms with Crippen LogP contribution in [0.15, 0.2) is 33.7 Å². The van der Waals surface area contributed by atoms with Crippen molar-refractivity contribution in [3.63, 3.8) is 0 Å². The van der Waals surface area contributed by atoms with Gasteiger partial charge in [-0.05, 0) is 39.8 Å². The molecule has 29 heavy (non-hydrogen) atoms. The highest BCUT2D eigenvalue weighted by Gasteiger charge is 2.27. The van der Waals surface area contributed by atoms with Crippen molar-refractivity contribution < 1.29 is 19.0 Å². The average Bonchev–Trinajstić information content (AvgIpc) is 3.02. The van der Waals surface area contributed by atoms with Crippen molar-refractivity contribution in [2.45, 2.75) is 39.8 Å². The Morgan fingerprint density at radius 3 is 2.48 bits per heavy atom. The van der Waals surface area contributed by atoms with E-state index in [2.05, 4.69) is 15.6 Å². The van der Waals surface area contributed by atoms with Gasteiger partial charge in [-0.2, -0.15) is 0 Å². The number of furan rings is 1. The number of rotatable bonds is 8. The Hall–Kier alpha value is -1.94. The number of halogens is 1. The van der Waals surface area contributed by atoms with Crippen molar-refractivity contribution in [2.24, 2.45) is 4.99 Å². The Morgan fingerprint density at radius 2 is 1.93 bits per heavy atom. The maximum atomic E-state index is 10.9. The van der Waals surface area contributed by atoms with E-state index in [9.17, 15) is 5.11 Å². The van der Waals surface area contributed by atoms with E-state index in [0.717, 1.165) is 16.9 Å². The van der Waals surface area contributed by atoms with Gasteiger partial charge in [0.25, 0.3) is 0 Å². The van der Waals surface area contributed by atoms with E-state index in [0.29, 0.717) is 36.3 Å². The number of aliphatic hydroxyl groups is 1. The Kier molecular flexibility index (Phi) is 9.78. The Labute approximate surface area is 189 Å². The SMILES string of the molecule is CCNC(=NCc1cccc(OC)c1OC)NCC(C)(O)c1cc(C)oc1C.I. The predicted octanol–water partition coefficient (Wildman–Crippen LogP) is 3.49. The quantitative estimate of drug-likeness (QED) is 0.282. The minimum absolute atomic E-state index is 0. The van der Waals surface area contributed by atoms with Gasteiger partial charge in [-0.3, -0.25) is 0 Å². The summed E-state index contributed by atoms with van der Waals surface area (Å²) in [5.41, 5.74) is 0.584. The Bertz CT molecular complexity index is 818. The van der Waals surface area contributed by atoms with Crippen LogP contribution in [0.4, 0.5) is 0 Å². The largest absolute Gasteiger partial charge is 0.493 e. The molecule has 0 aliphatic heterocycles.